The predicted molar refractivity (Wildman–Crippen MR) is 99.0 cm³/mol. The van der Waals surface area contributed by atoms with E-state index in [4.69, 9.17) is 4.42 Å². The molecule has 0 saturated carbocycles. The fraction of sp³-hybridized carbons (Fsp3) is 0.263. The molecule has 1 heterocycles. The minimum absolute atomic E-state index is 0.0624. The van der Waals surface area contributed by atoms with Crippen LogP contribution in [0.25, 0.3) is 11.5 Å². The van der Waals surface area contributed by atoms with Gasteiger partial charge in [0.15, 0.2) is 0 Å². The number of aromatic nitrogens is 2. The average Bonchev–Trinajstić information content (AvgIpc) is 3.09. The summed E-state index contributed by atoms with van der Waals surface area (Å²) in [5.74, 6) is 0.933. The number of rotatable bonds is 6. The quantitative estimate of drug-likeness (QED) is 0.715. The molecule has 26 heavy (non-hydrogen) atoms. The van der Waals surface area contributed by atoms with Crippen LogP contribution in [0, 0.1) is 6.92 Å². The van der Waals surface area contributed by atoms with Crippen LogP contribution in [-0.2, 0) is 16.6 Å². The predicted octanol–water partition coefficient (Wildman–Crippen LogP) is 3.65. The molecule has 0 fully saturated rings. The van der Waals surface area contributed by atoms with Crippen molar-refractivity contribution in [2.24, 2.45) is 0 Å². The van der Waals surface area contributed by atoms with Crippen molar-refractivity contribution < 1.29 is 12.8 Å². The van der Waals surface area contributed by atoms with E-state index in [2.05, 4.69) is 28.8 Å². The fourth-order valence-electron chi connectivity index (χ4n) is 2.52. The van der Waals surface area contributed by atoms with Gasteiger partial charge in [-0.25, -0.2) is 13.1 Å². The van der Waals surface area contributed by atoms with Gasteiger partial charge in [0.1, 0.15) is 0 Å². The molecule has 0 aliphatic heterocycles. The van der Waals surface area contributed by atoms with Crippen LogP contribution in [0.3, 0.4) is 0 Å². The summed E-state index contributed by atoms with van der Waals surface area (Å²) in [7, 11) is -3.64. The summed E-state index contributed by atoms with van der Waals surface area (Å²) < 4.78 is 32.9. The van der Waals surface area contributed by atoms with Crippen LogP contribution in [0.15, 0.2) is 57.8 Å². The van der Waals surface area contributed by atoms with Crippen molar-refractivity contribution in [1.82, 2.24) is 14.9 Å². The molecular formula is C19H21N3O3S. The van der Waals surface area contributed by atoms with Crippen LogP contribution < -0.4 is 4.72 Å². The Kier molecular flexibility index (Phi) is 5.20. The Morgan fingerprint density at radius 2 is 1.73 bits per heavy atom. The number of benzene rings is 2. The van der Waals surface area contributed by atoms with E-state index in [1.165, 1.54) is 0 Å². The lowest BCUT2D eigenvalue weighted by Gasteiger charge is -2.08. The van der Waals surface area contributed by atoms with Crippen molar-refractivity contribution in [3.05, 3.63) is 65.5 Å². The number of aryl methyl sites for hydroxylation is 1. The maximum absolute atomic E-state index is 12.4. The third-order valence-corrected chi connectivity index (χ3v) is 5.53. The van der Waals surface area contributed by atoms with E-state index in [1.807, 2.05) is 43.3 Å². The highest BCUT2D eigenvalue weighted by Gasteiger charge is 2.17. The minimum Gasteiger partial charge on any atom is -0.419 e. The van der Waals surface area contributed by atoms with Crippen molar-refractivity contribution in [2.75, 3.05) is 0 Å². The van der Waals surface area contributed by atoms with Gasteiger partial charge in [-0.05, 0) is 42.2 Å². The Balaban J connectivity index is 1.71. The molecule has 2 aromatic carbocycles. The molecule has 0 radical (unpaired) electrons. The molecule has 3 aromatic rings. The normalized spacial score (nSPS) is 11.8. The second-order valence-electron chi connectivity index (χ2n) is 6.36. The summed E-state index contributed by atoms with van der Waals surface area (Å²) in [6, 6.07) is 14.5. The molecule has 0 spiro atoms. The van der Waals surface area contributed by atoms with Crippen LogP contribution >= 0.6 is 0 Å². The first kappa shape index (κ1) is 18.3. The van der Waals surface area contributed by atoms with Crippen LogP contribution in [0.5, 0.6) is 0 Å². The van der Waals surface area contributed by atoms with Crippen molar-refractivity contribution in [3.63, 3.8) is 0 Å². The molecule has 0 atom stereocenters. The zero-order valence-corrected chi connectivity index (χ0v) is 15.7. The third kappa shape index (κ3) is 4.00. The molecule has 0 saturated heterocycles. The van der Waals surface area contributed by atoms with Crippen molar-refractivity contribution in [3.8, 4) is 11.5 Å². The SMILES string of the molecule is Cc1ccccc1-c1nnc(CNS(=O)(=O)c2ccc(C(C)C)cc2)o1. The van der Waals surface area contributed by atoms with E-state index in [0.717, 1.165) is 16.7 Å². The number of sulfonamides is 1. The summed E-state index contributed by atoms with van der Waals surface area (Å²) in [6.45, 7) is 6.00. The first-order chi connectivity index (χ1) is 12.4. The molecule has 3 rings (SSSR count). The molecule has 1 aromatic heterocycles. The highest BCUT2D eigenvalue weighted by atomic mass is 32.2. The Morgan fingerprint density at radius 3 is 2.38 bits per heavy atom. The summed E-state index contributed by atoms with van der Waals surface area (Å²) >= 11 is 0. The van der Waals surface area contributed by atoms with E-state index >= 15 is 0 Å². The number of hydrogen-bond acceptors (Lipinski definition) is 5. The van der Waals surface area contributed by atoms with Crippen molar-refractivity contribution >= 4 is 10.0 Å². The number of nitrogens with one attached hydrogen (secondary N) is 1. The van der Waals surface area contributed by atoms with E-state index < -0.39 is 10.0 Å². The highest BCUT2D eigenvalue weighted by Crippen LogP contribution is 2.22. The lowest BCUT2D eigenvalue weighted by molar-refractivity contribution is 0.494. The smallest absolute Gasteiger partial charge is 0.248 e. The molecule has 0 bridgehead atoms. The molecular weight excluding hydrogens is 350 g/mol. The lowest BCUT2D eigenvalue weighted by atomic mass is 10.0. The van der Waals surface area contributed by atoms with Crippen LogP contribution in [0.2, 0.25) is 0 Å². The van der Waals surface area contributed by atoms with E-state index in [0.29, 0.717) is 11.8 Å². The molecule has 7 heteroatoms. The molecule has 6 nitrogen and oxygen atoms in total. The Labute approximate surface area is 153 Å². The number of hydrogen-bond donors (Lipinski definition) is 1. The van der Waals surface area contributed by atoms with Crippen molar-refractivity contribution in [2.45, 2.75) is 38.1 Å². The summed E-state index contributed by atoms with van der Waals surface area (Å²) in [5, 5.41) is 7.92. The molecule has 0 aliphatic carbocycles. The van der Waals surface area contributed by atoms with Crippen LogP contribution in [0.4, 0.5) is 0 Å². The zero-order valence-electron chi connectivity index (χ0n) is 14.9. The first-order valence-electron chi connectivity index (χ1n) is 8.35. The van der Waals surface area contributed by atoms with Gasteiger partial charge in [-0.2, -0.15) is 0 Å². The van der Waals surface area contributed by atoms with Gasteiger partial charge >= 0.3 is 0 Å². The summed E-state index contributed by atoms with van der Waals surface area (Å²) in [4.78, 5) is 0.209. The maximum atomic E-state index is 12.4. The summed E-state index contributed by atoms with van der Waals surface area (Å²) in [6.07, 6.45) is 0. The van der Waals surface area contributed by atoms with Gasteiger partial charge in [0.25, 0.3) is 0 Å². The second-order valence-corrected chi connectivity index (χ2v) is 8.13. The average molecular weight is 371 g/mol. The molecule has 1 N–H and O–H groups in total. The number of nitrogens with zero attached hydrogens (tertiary/aromatic N) is 2. The van der Waals surface area contributed by atoms with Gasteiger partial charge in [0.2, 0.25) is 21.8 Å². The summed E-state index contributed by atoms with van der Waals surface area (Å²) in [5.41, 5.74) is 2.93. The van der Waals surface area contributed by atoms with Gasteiger partial charge in [-0.15, -0.1) is 10.2 Å². The third-order valence-electron chi connectivity index (χ3n) is 4.11. The Hall–Kier alpha value is -2.51. The second kappa shape index (κ2) is 7.39. The van der Waals surface area contributed by atoms with E-state index in [1.54, 1.807) is 12.1 Å². The fourth-order valence-corrected chi connectivity index (χ4v) is 3.49. The monoisotopic (exact) mass is 371 g/mol. The maximum Gasteiger partial charge on any atom is 0.248 e. The topological polar surface area (TPSA) is 85.1 Å². The molecule has 0 aliphatic rings. The minimum atomic E-state index is -3.64. The lowest BCUT2D eigenvalue weighted by Crippen LogP contribution is -2.23. The van der Waals surface area contributed by atoms with E-state index in [-0.39, 0.29) is 17.3 Å². The Morgan fingerprint density at radius 1 is 1.04 bits per heavy atom. The Bertz CT molecular complexity index is 993. The molecule has 136 valence electrons. The van der Waals surface area contributed by atoms with Crippen LogP contribution in [-0.4, -0.2) is 18.6 Å². The highest BCUT2D eigenvalue weighted by molar-refractivity contribution is 7.89. The van der Waals surface area contributed by atoms with E-state index in [9.17, 15) is 8.42 Å². The van der Waals surface area contributed by atoms with Gasteiger partial charge in [-0.1, -0.05) is 44.2 Å². The van der Waals surface area contributed by atoms with Gasteiger partial charge in [-0.3, -0.25) is 0 Å². The largest absolute Gasteiger partial charge is 0.419 e. The van der Waals surface area contributed by atoms with Crippen LogP contribution in [0.1, 0.15) is 36.8 Å². The first-order valence-corrected chi connectivity index (χ1v) is 9.83. The molecule has 0 unspecified atom stereocenters. The van der Waals surface area contributed by atoms with Gasteiger partial charge in [0.05, 0.1) is 11.4 Å². The van der Waals surface area contributed by atoms with Crippen molar-refractivity contribution in [1.29, 1.82) is 0 Å². The standard InChI is InChI=1S/C19H21N3O3S/c1-13(2)15-8-10-16(11-9-15)26(23,24)20-12-18-21-22-19(25-18)17-7-5-4-6-14(17)3/h4-11,13,20H,12H2,1-3H3. The van der Waals surface area contributed by atoms with Gasteiger partial charge in [0, 0.05) is 5.56 Å². The molecule has 0 amide bonds. The zero-order chi connectivity index (χ0) is 18.7. The van der Waals surface area contributed by atoms with Gasteiger partial charge < -0.3 is 4.42 Å².